The summed E-state index contributed by atoms with van der Waals surface area (Å²) in [6.07, 6.45) is 3.78. The minimum absolute atomic E-state index is 0.589. The minimum atomic E-state index is 0.589. The van der Waals surface area contributed by atoms with Crippen LogP contribution in [-0.2, 0) is 0 Å². The highest BCUT2D eigenvalue weighted by Gasteiger charge is 2.04. The fourth-order valence-corrected chi connectivity index (χ4v) is 1.72. The first kappa shape index (κ1) is 11.0. The molecule has 16 heavy (non-hydrogen) atoms. The number of nitrogens with two attached hydrogens (primary N) is 1. The number of halogens is 1. The SMILES string of the molecule is Cc1onc(C=Cc2cccc(Br)c2)c1N. The summed E-state index contributed by atoms with van der Waals surface area (Å²) in [4.78, 5) is 0. The van der Waals surface area contributed by atoms with Crippen LogP contribution in [0.4, 0.5) is 5.69 Å². The van der Waals surface area contributed by atoms with Gasteiger partial charge in [0.15, 0.2) is 5.76 Å². The van der Waals surface area contributed by atoms with Gasteiger partial charge < -0.3 is 10.3 Å². The van der Waals surface area contributed by atoms with Crippen LogP contribution in [0.5, 0.6) is 0 Å². The van der Waals surface area contributed by atoms with Gasteiger partial charge in [0.2, 0.25) is 0 Å². The Labute approximate surface area is 102 Å². The molecule has 2 N–H and O–H groups in total. The van der Waals surface area contributed by atoms with E-state index in [0.717, 1.165) is 10.0 Å². The molecule has 0 radical (unpaired) electrons. The van der Waals surface area contributed by atoms with Gasteiger partial charge in [-0.1, -0.05) is 39.3 Å². The average molecular weight is 279 g/mol. The van der Waals surface area contributed by atoms with Gasteiger partial charge in [0.1, 0.15) is 11.4 Å². The molecule has 4 heteroatoms. The minimum Gasteiger partial charge on any atom is -0.394 e. The molecule has 1 aromatic heterocycles. The van der Waals surface area contributed by atoms with Crippen LogP contribution in [0.15, 0.2) is 33.3 Å². The van der Waals surface area contributed by atoms with Crippen LogP contribution in [0.25, 0.3) is 12.2 Å². The Morgan fingerprint density at radius 2 is 2.19 bits per heavy atom. The third-order valence-electron chi connectivity index (χ3n) is 2.22. The van der Waals surface area contributed by atoms with E-state index in [1.54, 1.807) is 6.92 Å². The van der Waals surface area contributed by atoms with Crippen molar-refractivity contribution in [2.75, 3.05) is 5.73 Å². The molecule has 0 fully saturated rings. The number of aryl methyl sites for hydroxylation is 1. The van der Waals surface area contributed by atoms with Gasteiger partial charge in [0, 0.05) is 4.47 Å². The second kappa shape index (κ2) is 4.53. The number of nitrogen functional groups attached to an aromatic ring is 1. The lowest BCUT2D eigenvalue weighted by atomic mass is 10.2. The van der Waals surface area contributed by atoms with Gasteiger partial charge in [0.25, 0.3) is 0 Å². The van der Waals surface area contributed by atoms with Gasteiger partial charge in [-0.2, -0.15) is 0 Å². The van der Waals surface area contributed by atoms with Crippen molar-refractivity contribution < 1.29 is 4.52 Å². The molecule has 0 amide bonds. The predicted molar refractivity (Wildman–Crippen MR) is 68.7 cm³/mol. The van der Waals surface area contributed by atoms with Gasteiger partial charge in [-0.05, 0) is 30.7 Å². The van der Waals surface area contributed by atoms with Crippen molar-refractivity contribution >= 4 is 33.8 Å². The summed E-state index contributed by atoms with van der Waals surface area (Å²) in [5, 5.41) is 3.85. The van der Waals surface area contributed by atoms with Crippen LogP contribution in [0, 0.1) is 6.92 Å². The molecule has 0 saturated carbocycles. The summed E-state index contributed by atoms with van der Waals surface area (Å²) >= 11 is 3.41. The summed E-state index contributed by atoms with van der Waals surface area (Å²) in [5.41, 5.74) is 8.11. The Morgan fingerprint density at radius 3 is 2.81 bits per heavy atom. The molecule has 0 spiro atoms. The van der Waals surface area contributed by atoms with Crippen LogP contribution in [-0.4, -0.2) is 5.16 Å². The molecule has 0 saturated heterocycles. The van der Waals surface area contributed by atoms with Crippen molar-refractivity contribution in [1.82, 2.24) is 5.16 Å². The Hall–Kier alpha value is -1.55. The molecule has 0 bridgehead atoms. The van der Waals surface area contributed by atoms with Crippen LogP contribution in [0.3, 0.4) is 0 Å². The fraction of sp³-hybridized carbons (Fsp3) is 0.0833. The molecule has 0 aliphatic heterocycles. The zero-order valence-electron chi connectivity index (χ0n) is 8.77. The maximum Gasteiger partial charge on any atom is 0.157 e. The number of hydrogen-bond donors (Lipinski definition) is 1. The Morgan fingerprint density at radius 1 is 1.38 bits per heavy atom. The summed E-state index contributed by atoms with van der Waals surface area (Å²) < 4.78 is 6.01. The lowest BCUT2D eigenvalue weighted by Crippen LogP contribution is -1.86. The van der Waals surface area contributed by atoms with Gasteiger partial charge in [-0.25, -0.2) is 0 Å². The molecule has 82 valence electrons. The van der Waals surface area contributed by atoms with E-state index in [-0.39, 0.29) is 0 Å². The Kier molecular flexibility index (Phi) is 3.10. The average Bonchev–Trinajstić information content (AvgIpc) is 2.57. The largest absolute Gasteiger partial charge is 0.394 e. The number of anilines is 1. The van der Waals surface area contributed by atoms with Crippen molar-refractivity contribution in [1.29, 1.82) is 0 Å². The maximum absolute atomic E-state index is 5.78. The molecule has 0 aliphatic rings. The standard InChI is InChI=1S/C12H11BrN2O/c1-8-12(14)11(15-16-8)6-5-9-3-2-4-10(13)7-9/h2-7H,14H2,1H3. The van der Waals surface area contributed by atoms with E-state index in [2.05, 4.69) is 21.1 Å². The number of nitrogens with zero attached hydrogens (tertiary/aromatic N) is 1. The first-order valence-electron chi connectivity index (χ1n) is 4.82. The molecule has 2 rings (SSSR count). The molecular formula is C12H11BrN2O. The first-order chi connectivity index (χ1) is 7.66. The highest BCUT2D eigenvalue weighted by Crippen LogP contribution is 2.19. The quantitative estimate of drug-likeness (QED) is 0.915. The number of benzene rings is 1. The normalized spacial score (nSPS) is 11.1. The second-order valence-electron chi connectivity index (χ2n) is 3.43. The third kappa shape index (κ3) is 2.33. The molecule has 1 aromatic carbocycles. The summed E-state index contributed by atoms with van der Waals surface area (Å²) in [6, 6.07) is 7.97. The van der Waals surface area contributed by atoms with E-state index in [0.29, 0.717) is 17.1 Å². The van der Waals surface area contributed by atoms with E-state index >= 15 is 0 Å². The number of aromatic nitrogens is 1. The van der Waals surface area contributed by atoms with Gasteiger partial charge in [-0.3, -0.25) is 0 Å². The van der Waals surface area contributed by atoms with E-state index in [9.17, 15) is 0 Å². The summed E-state index contributed by atoms with van der Waals surface area (Å²) in [5.74, 6) is 0.647. The van der Waals surface area contributed by atoms with Gasteiger partial charge >= 0.3 is 0 Å². The van der Waals surface area contributed by atoms with E-state index < -0.39 is 0 Å². The van der Waals surface area contributed by atoms with E-state index in [1.807, 2.05) is 36.4 Å². The highest BCUT2D eigenvalue weighted by molar-refractivity contribution is 9.10. The van der Waals surface area contributed by atoms with E-state index in [1.165, 1.54) is 0 Å². The van der Waals surface area contributed by atoms with Gasteiger partial charge in [0.05, 0.1) is 0 Å². The number of rotatable bonds is 2. The Balaban J connectivity index is 2.24. The lowest BCUT2D eigenvalue weighted by molar-refractivity contribution is 0.397. The van der Waals surface area contributed by atoms with Crippen molar-refractivity contribution in [2.45, 2.75) is 6.92 Å². The smallest absolute Gasteiger partial charge is 0.157 e. The Bertz CT molecular complexity index is 532. The first-order valence-corrected chi connectivity index (χ1v) is 5.61. The molecule has 1 heterocycles. The number of hydrogen-bond acceptors (Lipinski definition) is 3. The molecule has 3 nitrogen and oxygen atoms in total. The maximum atomic E-state index is 5.78. The van der Waals surface area contributed by atoms with Crippen LogP contribution >= 0.6 is 15.9 Å². The zero-order valence-corrected chi connectivity index (χ0v) is 10.4. The second-order valence-corrected chi connectivity index (χ2v) is 4.34. The summed E-state index contributed by atoms with van der Waals surface area (Å²) in [6.45, 7) is 1.79. The van der Waals surface area contributed by atoms with Gasteiger partial charge in [-0.15, -0.1) is 0 Å². The molecule has 0 atom stereocenters. The molecule has 0 aliphatic carbocycles. The topological polar surface area (TPSA) is 52.0 Å². The van der Waals surface area contributed by atoms with Crippen molar-refractivity contribution in [3.05, 3.63) is 45.8 Å². The van der Waals surface area contributed by atoms with Crippen LogP contribution in [0.2, 0.25) is 0 Å². The highest BCUT2D eigenvalue weighted by atomic mass is 79.9. The summed E-state index contributed by atoms with van der Waals surface area (Å²) in [7, 11) is 0. The molecule has 0 unspecified atom stereocenters. The third-order valence-corrected chi connectivity index (χ3v) is 2.71. The predicted octanol–water partition coefficient (Wildman–Crippen LogP) is 3.50. The van der Waals surface area contributed by atoms with Crippen molar-refractivity contribution in [3.63, 3.8) is 0 Å². The van der Waals surface area contributed by atoms with E-state index in [4.69, 9.17) is 10.3 Å². The fourth-order valence-electron chi connectivity index (χ4n) is 1.30. The molecule has 2 aromatic rings. The lowest BCUT2D eigenvalue weighted by Gasteiger charge is -1.93. The van der Waals surface area contributed by atoms with Crippen molar-refractivity contribution in [3.8, 4) is 0 Å². The monoisotopic (exact) mass is 278 g/mol. The zero-order chi connectivity index (χ0) is 11.5. The van der Waals surface area contributed by atoms with Crippen LogP contribution < -0.4 is 5.73 Å². The van der Waals surface area contributed by atoms with Crippen molar-refractivity contribution in [2.24, 2.45) is 0 Å². The van der Waals surface area contributed by atoms with Crippen LogP contribution in [0.1, 0.15) is 17.0 Å². The molecular weight excluding hydrogens is 268 g/mol.